The van der Waals surface area contributed by atoms with E-state index in [-0.39, 0.29) is 24.0 Å². The van der Waals surface area contributed by atoms with E-state index in [0.29, 0.717) is 26.3 Å². The summed E-state index contributed by atoms with van der Waals surface area (Å²) in [5, 5.41) is 2.94. The van der Waals surface area contributed by atoms with Gasteiger partial charge in [-0.3, -0.25) is 4.79 Å². The van der Waals surface area contributed by atoms with Crippen LogP contribution in [0.4, 0.5) is 4.79 Å². The molecule has 0 radical (unpaired) electrons. The second-order valence-electron chi connectivity index (χ2n) is 4.82. The zero-order valence-electron chi connectivity index (χ0n) is 10.7. The number of nitrogens with one attached hydrogen (secondary N) is 1. The molecule has 0 aromatic carbocycles. The highest BCUT2D eigenvalue weighted by atomic mass is 16.5. The molecule has 1 N–H and O–H groups in total. The second-order valence-corrected chi connectivity index (χ2v) is 4.82. The minimum absolute atomic E-state index is 0.0981. The molecule has 2 amide bonds. The Morgan fingerprint density at radius 2 is 2.22 bits per heavy atom. The Labute approximate surface area is 107 Å². The quantitative estimate of drug-likeness (QED) is 0.725. The first-order valence-corrected chi connectivity index (χ1v) is 6.41. The fourth-order valence-electron chi connectivity index (χ4n) is 2.43. The van der Waals surface area contributed by atoms with Crippen LogP contribution in [0.1, 0.15) is 19.3 Å². The summed E-state index contributed by atoms with van der Waals surface area (Å²) in [6, 6.07) is 0.00936. The molecule has 0 saturated carbocycles. The van der Waals surface area contributed by atoms with Gasteiger partial charge in [-0.2, -0.15) is 0 Å². The molecule has 6 heteroatoms. The summed E-state index contributed by atoms with van der Waals surface area (Å²) < 4.78 is 9.95. The molecule has 0 spiro atoms. The number of esters is 1. The van der Waals surface area contributed by atoms with Crippen LogP contribution in [-0.4, -0.2) is 56.4 Å². The van der Waals surface area contributed by atoms with E-state index >= 15 is 0 Å². The summed E-state index contributed by atoms with van der Waals surface area (Å²) >= 11 is 0. The van der Waals surface area contributed by atoms with Gasteiger partial charge in [0.1, 0.15) is 0 Å². The lowest BCUT2D eigenvalue weighted by atomic mass is 9.98. The van der Waals surface area contributed by atoms with Crippen LogP contribution in [0, 0.1) is 5.92 Å². The second kappa shape index (κ2) is 6.04. The van der Waals surface area contributed by atoms with Gasteiger partial charge in [0.25, 0.3) is 0 Å². The third-order valence-corrected chi connectivity index (χ3v) is 3.50. The van der Waals surface area contributed by atoms with Gasteiger partial charge in [-0.1, -0.05) is 0 Å². The third kappa shape index (κ3) is 3.13. The lowest BCUT2D eigenvalue weighted by molar-refractivity contribution is -0.146. The van der Waals surface area contributed by atoms with E-state index in [2.05, 4.69) is 5.32 Å². The van der Waals surface area contributed by atoms with Crippen LogP contribution in [0.5, 0.6) is 0 Å². The molecule has 0 aromatic rings. The molecule has 2 rings (SSSR count). The first kappa shape index (κ1) is 13.1. The highest BCUT2D eigenvalue weighted by Gasteiger charge is 2.30. The Hall–Kier alpha value is -1.30. The molecule has 0 aliphatic carbocycles. The standard InChI is InChI=1S/C12H20N2O4/c1-17-11(15)9-3-2-5-14(7-9)12(16)13-10-4-6-18-8-10/h9-10H,2-8H2,1H3,(H,13,16)/t9-,10?/m0/s1. The molecule has 0 aromatic heterocycles. The van der Waals surface area contributed by atoms with Crippen LogP contribution < -0.4 is 5.32 Å². The topological polar surface area (TPSA) is 67.9 Å². The predicted molar refractivity (Wildman–Crippen MR) is 64.1 cm³/mol. The van der Waals surface area contributed by atoms with Gasteiger partial charge in [-0.05, 0) is 19.3 Å². The number of hydrogen-bond acceptors (Lipinski definition) is 4. The van der Waals surface area contributed by atoms with Crippen molar-refractivity contribution >= 4 is 12.0 Å². The van der Waals surface area contributed by atoms with Gasteiger partial charge in [0.15, 0.2) is 0 Å². The fraction of sp³-hybridized carbons (Fsp3) is 0.833. The van der Waals surface area contributed by atoms with Gasteiger partial charge < -0.3 is 19.7 Å². The lowest BCUT2D eigenvalue weighted by Gasteiger charge is -2.32. The number of piperidine rings is 1. The lowest BCUT2D eigenvalue weighted by Crippen LogP contribution is -2.50. The van der Waals surface area contributed by atoms with Crippen molar-refractivity contribution in [3.05, 3.63) is 0 Å². The summed E-state index contributed by atoms with van der Waals surface area (Å²) in [5.74, 6) is -0.411. The Bertz CT molecular complexity index is 315. The van der Waals surface area contributed by atoms with Crippen molar-refractivity contribution in [2.24, 2.45) is 5.92 Å². The number of methoxy groups -OCH3 is 1. The van der Waals surface area contributed by atoms with Gasteiger partial charge in [0.2, 0.25) is 0 Å². The van der Waals surface area contributed by atoms with Crippen molar-refractivity contribution in [1.29, 1.82) is 0 Å². The average Bonchev–Trinajstić information content (AvgIpc) is 2.90. The molecule has 0 bridgehead atoms. The maximum absolute atomic E-state index is 12.0. The highest BCUT2D eigenvalue weighted by molar-refractivity contribution is 5.77. The Morgan fingerprint density at radius 3 is 2.89 bits per heavy atom. The van der Waals surface area contributed by atoms with Gasteiger partial charge >= 0.3 is 12.0 Å². The van der Waals surface area contributed by atoms with Crippen molar-refractivity contribution in [2.75, 3.05) is 33.4 Å². The van der Waals surface area contributed by atoms with Crippen molar-refractivity contribution in [1.82, 2.24) is 10.2 Å². The SMILES string of the molecule is COC(=O)[C@H]1CCCN(C(=O)NC2CCOC2)C1. The van der Waals surface area contributed by atoms with E-state index in [9.17, 15) is 9.59 Å². The van der Waals surface area contributed by atoms with E-state index in [1.54, 1.807) is 4.90 Å². The molecule has 2 fully saturated rings. The highest BCUT2D eigenvalue weighted by Crippen LogP contribution is 2.18. The largest absolute Gasteiger partial charge is 0.469 e. The summed E-state index contributed by atoms with van der Waals surface area (Å²) in [5.41, 5.74) is 0. The number of carbonyl (C=O) groups is 2. The van der Waals surface area contributed by atoms with Gasteiger partial charge in [-0.25, -0.2) is 4.79 Å². The molecule has 1 unspecified atom stereocenters. The van der Waals surface area contributed by atoms with E-state index in [0.717, 1.165) is 19.3 Å². The molecule has 6 nitrogen and oxygen atoms in total. The molecule has 2 aliphatic rings. The van der Waals surface area contributed by atoms with Crippen LogP contribution in [-0.2, 0) is 14.3 Å². The van der Waals surface area contributed by atoms with E-state index in [4.69, 9.17) is 9.47 Å². The molecular formula is C12H20N2O4. The molecule has 2 heterocycles. The van der Waals surface area contributed by atoms with E-state index in [1.807, 2.05) is 0 Å². The molecule has 2 saturated heterocycles. The normalized spacial score (nSPS) is 27.9. The summed E-state index contributed by atoms with van der Waals surface area (Å²) in [7, 11) is 1.39. The van der Waals surface area contributed by atoms with Crippen LogP contribution in [0.15, 0.2) is 0 Å². The van der Waals surface area contributed by atoms with E-state index in [1.165, 1.54) is 7.11 Å². The molecule has 2 atom stereocenters. The number of likely N-dealkylation sites (tertiary alicyclic amines) is 1. The maximum Gasteiger partial charge on any atom is 0.317 e. The summed E-state index contributed by atoms with van der Waals surface area (Å²) in [4.78, 5) is 25.2. The monoisotopic (exact) mass is 256 g/mol. The Morgan fingerprint density at radius 1 is 1.39 bits per heavy atom. The minimum atomic E-state index is -0.225. The minimum Gasteiger partial charge on any atom is -0.469 e. The smallest absolute Gasteiger partial charge is 0.317 e. The van der Waals surface area contributed by atoms with Crippen molar-refractivity contribution in [2.45, 2.75) is 25.3 Å². The number of carbonyl (C=O) groups excluding carboxylic acids is 2. The number of amides is 2. The van der Waals surface area contributed by atoms with Crippen molar-refractivity contribution < 1.29 is 19.1 Å². The first-order chi connectivity index (χ1) is 8.70. The summed E-state index contributed by atoms with van der Waals surface area (Å²) in [6.45, 7) is 2.44. The summed E-state index contributed by atoms with van der Waals surface area (Å²) in [6.07, 6.45) is 2.50. The van der Waals surface area contributed by atoms with E-state index < -0.39 is 0 Å². The molecule has 2 aliphatic heterocycles. The Balaban J connectivity index is 1.83. The van der Waals surface area contributed by atoms with Crippen molar-refractivity contribution in [3.8, 4) is 0 Å². The van der Waals surface area contributed by atoms with Crippen molar-refractivity contribution in [3.63, 3.8) is 0 Å². The zero-order chi connectivity index (χ0) is 13.0. The van der Waals surface area contributed by atoms with Gasteiger partial charge in [0, 0.05) is 19.7 Å². The number of nitrogens with zero attached hydrogens (tertiary/aromatic N) is 1. The maximum atomic E-state index is 12.0. The third-order valence-electron chi connectivity index (χ3n) is 3.50. The Kier molecular flexibility index (Phi) is 4.41. The molecule has 102 valence electrons. The van der Waals surface area contributed by atoms with Crippen LogP contribution >= 0.6 is 0 Å². The molecular weight excluding hydrogens is 236 g/mol. The number of rotatable bonds is 2. The van der Waals surface area contributed by atoms with Crippen LogP contribution in [0.2, 0.25) is 0 Å². The molecule has 18 heavy (non-hydrogen) atoms. The fourth-order valence-corrected chi connectivity index (χ4v) is 2.43. The van der Waals surface area contributed by atoms with Gasteiger partial charge in [0.05, 0.1) is 25.7 Å². The number of hydrogen-bond donors (Lipinski definition) is 1. The number of urea groups is 1. The first-order valence-electron chi connectivity index (χ1n) is 6.41. The number of ether oxygens (including phenoxy) is 2. The van der Waals surface area contributed by atoms with Crippen LogP contribution in [0.25, 0.3) is 0 Å². The predicted octanol–water partition coefficient (Wildman–Crippen LogP) is 0.370. The van der Waals surface area contributed by atoms with Crippen LogP contribution in [0.3, 0.4) is 0 Å². The average molecular weight is 256 g/mol. The zero-order valence-corrected chi connectivity index (χ0v) is 10.7. The van der Waals surface area contributed by atoms with Gasteiger partial charge in [-0.15, -0.1) is 0 Å².